The first-order valence-corrected chi connectivity index (χ1v) is 5.89. The standard InChI is InChI=1S/C13H15F2N3/c14-11-3-1-4-12(15)10(11)9-16-6-2-5-13-17-7-8-18-13/h1,3-4,7-8,16H,2,5-6,9H2,(H,17,18). The molecule has 0 aliphatic rings. The van der Waals surface area contributed by atoms with Gasteiger partial charge in [-0.2, -0.15) is 0 Å². The summed E-state index contributed by atoms with van der Waals surface area (Å²) in [4.78, 5) is 7.10. The van der Waals surface area contributed by atoms with Crippen LogP contribution in [0.3, 0.4) is 0 Å². The second-order valence-corrected chi connectivity index (χ2v) is 4.02. The monoisotopic (exact) mass is 251 g/mol. The molecule has 0 bridgehead atoms. The van der Waals surface area contributed by atoms with Crippen molar-refractivity contribution in [1.82, 2.24) is 15.3 Å². The third kappa shape index (κ3) is 3.37. The van der Waals surface area contributed by atoms with Crippen molar-refractivity contribution in [2.24, 2.45) is 0 Å². The number of aromatic amines is 1. The van der Waals surface area contributed by atoms with Gasteiger partial charge in [-0.15, -0.1) is 0 Å². The van der Waals surface area contributed by atoms with E-state index >= 15 is 0 Å². The van der Waals surface area contributed by atoms with Crippen LogP contribution in [0.5, 0.6) is 0 Å². The second kappa shape index (κ2) is 6.26. The van der Waals surface area contributed by atoms with Crippen molar-refractivity contribution in [3.63, 3.8) is 0 Å². The average Bonchev–Trinajstić information content (AvgIpc) is 2.85. The minimum atomic E-state index is -0.506. The highest BCUT2D eigenvalue weighted by atomic mass is 19.1. The smallest absolute Gasteiger partial charge is 0.130 e. The maximum Gasteiger partial charge on any atom is 0.130 e. The van der Waals surface area contributed by atoms with E-state index in [4.69, 9.17) is 0 Å². The Morgan fingerprint density at radius 2 is 2.00 bits per heavy atom. The van der Waals surface area contributed by atoms with Gasteiger partial charge < -0.3 is 10.3 Å². The molecule has 3 nitrogen and oxygen atoms in total. The number of H-pyrrole nitrogens is 1. The van der Waals surface area contributed by atoms with Crippen molar-refractivity contribution < 1.29 is 8.78 Å². The van der Waals surface area contributed by atoms with Crippen LogP contribution in [-0.4, -0.2) is 16.5 Å². The number of benzene rings is 1. The Kier molecular flexibility index (Phi) is 4.41. The fraction of sp³-hybridized carbons (Fsp3) is 0.308. The number of halogens is 2. The van der Waals surface area contributed by atoms with E-state index in [-0.39, 0.29) is 12.1 Å². The van der Waals surface area contributed by atoms with Crippen LogP contribution in [0.1, 0.15) is 17.8 Å². The molecular weight excluding hydrogens is 236 g/mol. The van der Waals surface area contributed by atoms with Gasteiger partial charge in [0.2, 0.25) is 0 Å². The van der Waals surface area contributed by atoms with E-state index in [1.165, 1.54) is 18.2 Å². The molecule has 1 aromatic carbocycles. The van der Waals surface area contributed by atoms with Gasteiger partial charge in [0.15, 0.2) is 0 Å². The minimum absolute atomic E-state index is 0.0931. The van der Waals surface area contributed by atoms with Gasteiger partial charge in [-0.25, -0.2) is 13.8 Å². The Balaban J connectivity index is 1.72. The summed E-state index contributed by atoms with van der Waals surface area (Å²) in [5, 5.41) is 3.02. The number of hydrogen-bond acceptors (Lipinski definition) is 2. The Labute approximate surface area is 104 Å². The number of imidazole rings is 1. The van der Waals surface area contributed by atoms with Crippen LogP contribution in [0.15, 0.2) is 30.6 Å². The van der Waals surface area contributed by atoms with Crippen LogP contribution >= 0.6 is 0 Å². The predicted octanol–water partition coefficient (Wildman–Crippen LogP) is 2.41. The van der Waals surface area contributed by atoms with Crippen molar-refractivity contribution in [2.45, 2.75) is 19.4 Å². The van der Waals surface area contributed by atoms with E-state index in [0.29, 0.717) is 6.54 Å². The highest BCUT2D eigenvalue weighted by Gasteiger charge is 2.06. The highest BCUT2D eigenvalue weighted by Crippen LogP contribution is 2.11. The lowest BCUT2D eigenvalue weighted by Gasteiger charge is -2.06. The van der Waals surface area contributed by atoms with Crippen molar-refractivity contribution in [2.75, 3.05) is 6.54 Å². The molecule has 5 heteroatoms. The van der Waals surface area contributed by atoms with Crippen molar-refractivity contribution >= 4 is 0 Å². The molecule has 0 aliphatic heterocycles. The fourth-order valence-electron chi connectivity index (χ4n) is 1.73. The van der Waals surface area contributed by atoms with Crippen LogP contribution in [0, 0.1) is 11.6 Å². The zero-order valence-corrected chi connectivity index (χ0v) is 9.92. The summed E-state index contributed by atoms with van der Waals surface area (Å²) in [6.07, 6.45) is 5.16. The van der Waals surface area contributed by atoms with E-state index in [1.807, 2.05) is 0 Å². The van der Waals surface area contributed by atoms with Gasteiger partial charge in [0.25, 0.3) is 0 Å². The van der Waals surface area contributed by atoms with E-state index < -0.39 is 11.6 Å². The topological polar surface area (TPSA) is 40.7 Å². The Morgan fingerprint density at radius 3 is 2.67 bits per heavy atom. The maximum atomic E-state index is 13.3. The Morgan fingerprint density at radius 1 is 1.22 bits per heavy atom. The van der Waals surface area contributed by atoms with E-state index in [0.717, 1.165) is 18.7 Å². The molecule has 0 saturated carbocycles. The van der Waals surface area contributed by atoms with Gasteiger partial charge in [-0.3, -0.25) is 0 Å². The largest absolute Gasteiger partial charge is 0.349 e. The minimum Gasteiger partial charge on any atom is -0.349 e. The van der Waals surface area contributed by atoms with E-state index in [1.54, 1.807) is 12.4 Å². The number of aromatic nitrogens is 2. The number of hydrogen-bond donors (Lipinski definition) is 2. The molecule has 0 atom stereocenters. The Bertz CT molecular complexity index is 463. The fourth-order valence-corrected chi connectivity index (χ4v) is 1.73. The number of nitrogens with zero attached hydrogens (tertiary/aromatic N) is 1. The molecule has 0 radical (unpaired) electrons. The molecule has 2 rings (SSSR count). The zero-order valence-electron chi connectivity index (χ0n) is 9.92. The van der Waals surface area contributed by atoms with Gasteiger partial charge in [-0.1, -0.05) is 6.07 Å². The molecule has 0 fully saturated rings. The molecule has 96 valence electrons. The third-order valence-electron chi connectivity index (χ3n) is 2.69. The SMILES string of the molecule is Fc1cccc(F)c1CNCCCc1ncc[nH]1. The number of nitrogens with one attached hydrogen (secondary N) is 2. The number of rotatable bonds is 6. The Hall–Kier alpha value is -1.75. The quantitative estimate of drug-likeness (QED) is 0.774. The first kappa shape index (κ1) is 12.7. The van der Waals surface area contributed by atoms with Gasteiger partial charge in [0, 0.05) is 30.9 Å². The third-order valence-corrected chi connectivity index (χ3v) is 2.69. The van der Waals surface area contributed by atoms with Gasteiger partial charge in [-0.05, 0) is 25.1 Å². The van der Waals surface area contributed by atoms with Crippen LogP contribution in [0.25, 0.3) is 0 Å². The molecule has 0 amide bonds. The molecule has 0 aliphatic carbocycles. The summed E-state index contributed by atoms with van der Waals surface area (Å²) in [5.74, 6) is -0.0871. The molecule has 1 aromatic heterocycles. The summed E-state index contributed by atoms with van der Waals surface area (Å²) in [5.41, 5.74) is 0.0931. The highest BCUT2D eigenvalue weighted by molar-refractivity contribution is 5.19. The predicted molar refractivity (Wildman–Crippen MR) is 65.0 cm³/mol. The van der Waals surface area contributed by atoms with Crippen LogP contribution in [0.4, 0.5) is 8.78 Å². The second-order valence-electron chi connectivity index (χ2n) is 4.02. The van der Waals surface area contributed by atoms with Crippen molar-refractivity contribution in [3.05, 3.63) is 53.6 Å². The maximum absolute atomic E-state index is 13.3. The van der Waals surface area contributed by atoms with Gasteiger partial charge in [0.1, 0.15) is 17.5 Å². The van der Waals surface area contributed by atoms with E-state index in [9.17, 15) is 8.78 Å². The molecule has 2 N–H and O–H groups in total. The van der Waals surface area contributed by atoms with E-state index in [2.05, 4.69) is 15.3 Å². The summed E-state index contributed by atoms with van der Waals surface area (Å²) < 4.78 is 26.6. The molecule has 0 spiro atoms. The lowest BCUT2D eigenvalue weighted by atomic mass is 10.2. The normalized spacial score (nSPS) is 10.8. The summed E-state index contributed by atoms with van der Waals surface area (Å²) in [6, 6.07) is 3.90. The first-order valence-electron chi connectivity index (χ1n) is 5.89. The van der Waals surface area contributed by atoms with Crippen molar-refractivity contribution in [1.29, 1.82) is 0 Å². The molecular formula is C13H15F2N3. The van der Waals surface area contributed by atoms with Gasteiger partial charge >= 0.3 is 0 Å². The summed E-state index contributed by atoms with van der Waals surface area (Å²) in [7, 11) is 0. The zero-order chi connectivity index (χ0) is 12.8. The molecule has 18 heavy (non-hydrogen) atoms. The summed E-state index contributed by atoms with van der Waals surface area (Å²) >= 11 is 0. The van der Waals surface area contributed by atoms with Crippen LogP contribution in [0.2, 0.25) is 0 Å². The van der Waals surface area contributed by atoms with Crippen LogP contribution < -0.4 is 5.32 Å². The van der Waals surface area contributed by atoms with Crippen LogP contribution in [-0.2, 0) is 13.0 Å². The molecule has 1 heterocycles. The average molecular weight is 251 g/mol. The molecule has 0 unspecified atom stereocenters. The number of aryl methyl sites for hydroxylation is 1. The molecule has 2 aromatic rings. The summed E-state index contributed by atoms with van der Waals surface area (Å²) in [6.45, 7) is 0.894. The lowest BCUT2D eigenvalue weighted by Crippen LogP contribution is -2.17. The lowest BCUT2D eigenvalue weighted by molar-refractivity contribution is 0.532. The molecule has 0 saturated heterocycles. The first-order chi connectivity index (χ1) is 8.77. The van der Waals surface area contributed by atoms with Gasteiger partial charge in [0.05, 0.1) is 0 Å². The van der Waals surface area contributed by atoms with Crippen molar-refractivity contribution in [3.8, 4) is 0 Å².